The van der Waals surface area contributed by atoms with Crippen molar-refractivity contribution in [3.8, 4) is 0 Å². The molecule has 1 heterocycles. The first-order valence-corrected chi connectivity index (χ1v) is 9.51. The van der Waals surface area contributed by atoms with Crippen LogP contribution in [0.15, 0.2) is 22.6 Å². The number of anilines is 1. The molecule has 0 saturated carbocycles. The summed E-state index contributed by atoms with van der Waals surface area (Å²) in [5.41, 5.74) is -0.773. The number of benzene rings is 1. The minimum atomic E-state index is -2.71. The third-order valence-corrected chi connectivity index (χ3v) is 4.03. The Kier molecular flexibility index (Phi) is 6.91. The number of amides is 1. The Labute approximate surface area is 163 Å². The van der Waals surface area contributed by atoms with E-state index in [-0.39, 0.29) is 36.3 Å². The van der Waals surface area contributed by atoms with E-state index in [0.717, 1.165) is 6.07 Å². The Balaban J connectivity index is 2.04. The maximum absolute atomic E-state index is 12.2. The highest BCUT2D eigenvalue weighted by Gasteiger charge is 2.28. The van der Waals surface area contributed by atoms with Crippen LogP contribution in [0.4, 0.5) is 21.9 Å². The second kappa shape index (κ2) is 8.97. The molecule has 0 aromatic heterocycles. The van der Waals surface area contributed by atoms with Gasteiger partial charge in [0.25, 0.3) is 5.69 Å². The molecule has 11 nitrogen and oxygen atoms in total. The molecule has 0 bridgehead atoms. The van der Waals surface area contributed by atoms with Gasteiger partial charge in [0.15, 0.2) is 0 Å². The molecule has 154 valence electrons. The van der Waals surface area contributed by atoms with Crippen molar-refractivity contribution in [2.45, 2.75) is 32.5 Å². The van der Waals surface area contributed by atoms with Gasteiger partial charge in [-0.2, -0.15) is 8.42 Å². The summed E-state index contributed by atoms with van der Waals surface area (Å²) in [5, 5.41) is 14.2. The normalized spacial score (nSPS) is 17.0. The zero-order valence-electron chi connectivity index (χ0n) is 15.7. The number of carbonyl (C=O) groups is 1. The molecule has 28 heavy (non-hydrogen) atoms. The Morgan fingerprint density at radius 2 is 2.18 bits per heavy atom. The lowest BCUT2D eigenvalue weighted by Crippen LogP contribution is -2.49. The molecule has 0 spiro atoms. The number of nitro benzene ring substituents is 1. The third kappa shape index (κ3) is 6.46. The van der Waals surface area contributed by atoms with E-state index in [1.54, 1.807) is 20.8 Å². The Morgan fingerprint density at radius 3 is 2.79 bits per heavy atom. The second-order valence-corrected chi connectivity index (χ2v) is 7.68. The number of nitrogens with one attached hydrogen (secondary N) is 1. The van der Waals surface area contributed by atoms with Gasteiger partial charge in [-0.05, 0) is 32.9 Å². The van der Waals surface area contributed by atoms with Crippen LogP contribution in [0.5, 0.6) is 0 Å². The highest BCUT2D eigenvalue weighted by Crippen LogP contribution is 2.29. The van der Waals surface area contributed by atoms with Crippen LogP contribution in [-0.4, -0.2) is 62.3 Å². The van der Waals surface area contributed by atoms with Gasteiger partial charge in [-0.3, -0.25) is 10.1 Å². The minimum absolute atomic E-state index is 0.0457. The van der Waals surface area contributed by atoms with Crippen molar-refractivity contribution in [3.63, 3.8) is 0 Å². The topological polar surface area (TPSA) is 140 Å². The van der Waals surface area contributed by atoms with Gasteiger partial charge in [0.2, 0.25) is 0 Å². The fourth-order valence-electron chi connectivity index (χ4n) is 2.52. The predicted molar refractivity (Wildman–Crippen MR) is 100 cm³/mol. The summed E-state index contributed by atoms with van der Waals surface area (Å²) in [7, 11) is -2.71. The smallest absolute Gasteiger partial charge is 0.410 e. The van der Waals surface area contributed by atoms with E-state index in [2.05, 4.69) is 9.68 Å². The fraction of sp³-hybridized carbons (Fsp3) is 0.562. The van der Waals surface area contributed by atoms with Crippen LogP contribution < -0.4 is 5.32 Å². The van der Waals surface area contributed by atoms with Crippen molar-refractivity contribution in [1.82, 2.24) is 4.90 Å². The maximum atomic E-state index is 12.2. The Bertz CT molecular complexity index is 871. The number of rotatable bonds is 5. The largest absolute Gasteiger partial charge is 0.444 e. The molecule has 1 fully saturated rings. The predicted octanol–water partition coefficient (Wildman–Crippen LogP) is 2.34. The molecule has 1 aromatic carbocycles. The van der Waals surface area contributed by atoms with Crippen LogP contribution >= 0.6 is 0 Å². The van der Waals surface area contributed by atoms with Gasteiger partial charge in [0.1, 0.15) is 11.3 Å². The molecular formula is C16H22N4O7S. The van der Waals surface area contributed by atoms with Crippen molar-refractivity contribution in [1.29, 1.82) is 0 Å². The van der Waals surface area contributed by atoms with Crippen LogP contribution in [-0.2, 0) is 20.0 Å². The monoisotopic (exact) mass is 414 g/mol. The molecule has 0 radical (unpaired) electrons. The molecule has 1 saturated heterocycles. The summed E-state index contributed by atoms with van der Waals surface area (Å²) in [6, 6.07) is 3.78. The summed E-state index contributed by atoms with van der Waals surface area (Å²) < 4.78 is 35.5. The minimum Gasteiger partial charge on any atom is -0.444 e. The number of hydrogen-bond donors (Lipinski definition) is 1. The lowest BCUT2D eigenvalue weighted by molar-refractivity contribution is -0.383. The number of nitro groups is 1. The van der Waals surface area contributed by atoms with Gasteiger partial charge in [0.05, 0.1) is 29.9 Å². The van der Waals surface area contributed by atoms with E-state index in [1.165, 1.54) is 17.0 Å². The van der Waals surface area contributed by atoms with Crippen molar-refractivity contribution in [2.24, 2.45) is 4.36 Å². The summed E-state index contributed by atoms with van der Waals surface area (Å²) in [6.45, 7) is 6.54. The molecule has 0 aliphatic carbocycles. The number of morpholine rings is 1. The SMILES string of the molecule is CC(C)(C)OC(=O)N1CCOC(CNc2ccc(N=S(=O)=O)cc2[N+](=O)[O-])C1. The van der Waals surface area contributed by atoms with Crippen molar-refractivity contribution >= 4 is 33.7 Å². The standard InChI is InChI=1S/C16H22N4O7S/c1-16(2,3)27-15(21)19-6-7-26-12(10-19)9-17-13-5-4-11(18-28(24)25)8-14(13)20(22)23/h4-5,8,12,17H,6-7,9-10H2,1-3H3. The first kappa shape index (κ1) is 21.6. The van der Waals surface area contributed by atoms with Crippen LogP contribution in [0.2, 0.25) is 0 Å². The molecule has 1 amide bonds. The van der Waals surface area contributed by atoms with Crippen LogP contribution in [0, 0.1) is 10.1 Å². The van der Waals surface area contributed by atoms with Gasteiger partial charge >= 0.3 is 16.6 Å². The molecular weight excluding hydrogens is 392 g/mol. The number of nitrogens with zero attached hydrogens (tertiary/aromatic N) is 3. The van der Waals surface area contributed by atoms with Gasteiger partial charge < -0.3 is 19.7 Å². The molecule has 12 heteroatoms. The van der Waals surface area contributed by atoms with Crippen molar-refractivity contribution in [2.75, 3.05) is 31.6 Å². The zero-order chi connectivity index (χ0) is 20.9. The molecule has 1 aliphatic rings. The third-order valence-electron chi connectivity index (χ3n) is 3.67. The lowest BCUT2D eigenvalue weighted by atomic mass is 10.2. The van der Waals surface area contributed by atoms with E-state index in [9.17, 15) is 23.3 Å². The van der Waals surface area contributed by atoms with E-state index in [1.807, 2.05) is 0 Å². The maximum Gasteiger partial charge on any atom is 0.410 e. The quantitative estimate of drug-likeness (QED) is 0.572. The molecule has 1 aliphatic heterocycles. The number of hydrogen-bond acceptors (Lipinski definition) is 9. The van der Waals surface area contributed by atoms with Crippen LogP contribution in [0.25, 0.3) is 0 Å². The molecule has 1 atom stereocenters. The molecule has 1 N–H and O–H groups in total. The van der Waals surface area contributed by atoms with Gasteiger partial charge in [0, 0.05) is 19.2 Å². The average Bonchev–Trinajstić information content (AvgIpc) is 2.58. The lowest BCUT2D eigenvalue weighted by Gasteiger charge is -2.34. The average molecular weight is 414 g/mol. The number of carbonyl (C=O) groups excluding carboxylic acids is 1. The molecule has 2 rings (SSSR count). The summed E-state index contributed by atoms with van der Waals surface area (Å²) >= 11 is 0. The van der Waals surface area contributed by atoms with E-state index in [4.69, 9.17) is 9.47 Å². The van der Waals surface area contributed by atoms with E-state index >= 15 is 0 Å². The Hall–Kier alpha value is -2.73. The van der Waals surface area contributed by atoms with Gasteiger partial charge in [-0.15, -0.1) is 4.36 Å². The highest BCUT2D eigenvalue weighted by molar-refractivity contribution is 7.61. The van der Waals surface area contributed by atoms with Gasteiger partial charge in [-0.1, -0.05) is 0 Å². The van der Waals surface area contributed by atoms with Crippen molar-refractivity contribution < 1.29 is 27.6 Å². The molecule has 1 unspecified atom stereocenters. The van der Waals surface area contributed by atoms with E-state index < -0.39 is 27.1 Å². The van der Waals surface area contributed by atoms with Crippen molar-refractivity contribution in [3.05, 3.63) is 28.3 Å². The second-order valence-electron chi connectivity index (χ2n) is 7.07. The first-order chi connectivity index (χ1) is 13.0. The Morgan fingerprint density at radius 1 is 1.46 bits per heavy atom. The summed E-state index contributed by atoms with van der Waals surface area (Å²) in [4.78, 5) is 24.3. The van der Waals surface area contributed by atoms with E-state index in [0.29, 0.717) is 13.2 Å². The highest BCUT2D eigenvalue weighted by atomic mass is 32.2. The zero-order valence-corrected chi connectivity index (χ0v) is 16.6. The van der Waals surface area contributed by atoms with Crippen LogP contribution in [0.1, 0.15) is 20.8 Å². The summed E-state index contributed by atoms with van der Waals surface area (Å²) in [6.07, 6.45) is -0.831. The van der Waals surface area contributed by atoms with Gasteiger partial charge in [-0.25, -0.2) is 4.79 Å². The fourth-order valence-corrected chi connectivity index (χ4v) is 2.81. The first-order valence-electron chi connectivity index (χ1n) is 8.48. The number of ether oxygens (including phenoxy) is 2. The molecule has 1 aromatic rings. The summed E-state index contributed by atoms with van der Waals surface area (Å²) in [5.74, 6) is 0. The van der Waals surface area contributed by atoms with Crippen LogP contribution in [0.3, 0.4) is 0 Å².